The molecule has 152 valence electrons. The maximum atomic E-state index is 12.6. The molecule has 3 heterocycles. The molecule has 0 spiro atoms. The van der Waals surface area contributed by atoms with Crippen molar-refractivity contribution in [3.8, 4) is 11.3 Å². The first-order valence-corrected chi connectivity index (χ1v) is 9.39. The van der Waals surface area contributed by atoms with Crippen LogP contribution in [0.4, 0.5) is 5.95 Å². The number of halogens is 1. The number of ether oxygens (including phenoxy) is 1. The number of benzene rings is 1. The number of pyridine rings is 1. The fourth-order valence-electron chi connectivity index (χ4n) is 3.66. The Balaban J connectivity index is 0.00000240. The SMILES string of the molecule is Cl.Cn1c(N2CC(c3ccccc3)OC(C)(C)C2)nc(-c2ccncc2)cc1=O. The summed E-state index contributed by atoms with van der Waals surface area (Å²) in [5.41, 5.74) is 2.19. The average molecular weight is 413 g/mol. The summed E-state index contributed by atoms with van der Waals surface area (Å²) in [4.78, 5) is 23.7. The largest absolute Gasteiger partial charge is 0.364 e. The number of aromatic nitrogens is 3. The number of anilines is 1. The summed E-state index contributed by atoms with van der Waals surface area (Å²) in [5.74, 6) is 0.650. The van der Waals surface area contributed by atoms with Gasteiger partial charge in [0.05, 0.1) is 17.8 Å². The van der Waals surface area contributed by atoms with E-state index in [9.17, 15) is 4.79 Å². The molecule has 0 N–H and O–H groups in total. The molecule has 1 aliphatic rings. The van der Waals surface area contributed by atoms with Crippen LogP contribution in [0.5, 0.6) is 0 Å². The molecule has 1 fully saturated rings. The molecule has 7 heteroatoms. The third-order valence-corrected chi connectivity index (χ3v) is 4.96. The highest BCUT2D eigenvalue weighted by Crippen LogP contribution is 2.33. The molecular weight excluding hydrogens is 388 g/mol. The van der Waals surface area contributed by atoms with Crippen molar-refractivity contribution in [1.82, 2.24) is 14.5 Å². The first-order chi connectivity index (χ1) is 13.4. The Morgan fingerprint density at radius 3 is 2.48 bits per heavy atom. The molecule has 0 saturated carbocycles. The Kier molecular flexibility index (Phi) is 6.05. The van der Waals surface area contributed by atoms with E-state index >= 15 is 0 Å². The van der Waals surface area contributed by atoms with E-state index in [1.54, 1.807) is 30.1 Å². The Morgan fingerprint density at radius 1 is 1.10 bits per heavy atom. The van der Waals surface area contributed by atoms with Gasteiger partial charge in [0.15, 0.2) is 0 Å². The smallest absolute Gasteiger partial charge is 0.255 e. The first-order valence-electron chi connectivity index (χ1n) is 9.39. The van der Waals surface area contributed by atoms with Gasteiger partial charge in [-0.1, -0.05) is 30.3 Å². The van der Waals surface area contributed by atoms with E-state index in [0.29, 0.717) is 24.7 Å². The molecule has 0 amide bonds. The van der Waals surface area contributed by atoms with Gasteiger partial charge >= 0.3 is 0 Å². The maximum Gasteiger partial charge on any atom is 0.255 e. The van der Waals surface area contributed by atoms with Gasteiger partial charge in [0.2, 0.25) is 5.95 Å². The lowest BCUT2D eigenvalue weighted by Gasteiger charge is -2.43. The molecular formula is C22H25ClN4O2. The third kappa shape index (κ3) is 4.49. The minimum Gasteiger partial charge on any atom is -0.364 e. The number of hydrogen-bond acceptors (Lipinski definition) is 5. The zero-order valence-corrected chi connectivity index (χ0v) is 17.6. The predicted molar refractivity (Wildman–Crippen MR) is 117 cm³/mol. The van der Waals surface area contributed by atoms with Crippen LogP contribution in [0.15, 0.2) is 65.7 Å². The van der Waals surface area contributed by atoms with Gasteiger partial charge in [-0.25, -0.2) is 4.98 Å². The van der Waals surface area contributed by atoms with Crippen LogP contribution < -0.4 is 10.5 Å². The summed E-state index contributed by atoms with van der Waals surface area (Å²) in [6.07, 6.45) is 3.32. The Bertz CT molecular complexity index is 1020. The van der Waals surface area contributed by atoms with E-state index in [1.807, 2.05) is 30.3 Å². The van der Waals surface area contributed by atoms with Crippen LogP contribution in [0.25, 0.3) is 11.3 Å². The van der Waals surface area contributed by atoms with E-state index in [1.165, 1.54) is 0 Å². The van der Waals surface area contributed by atoms with Gasteiger partial charge in [-0.15, -0.1) is 12.4 Å². The zero-order chi connectivity index (χ0) is 19.7. The van der Waals surface area contributed by atoms with Crippen LogP contribution in [0.3, 0.4) is 0 Å². The third-order valence-electron chi connectivity index (χ3n) is 4.96. The standard InChI is InChI=1S/C22H24N4O2.ClH/c1-22(2)15-26(14-19(28-22)17-7-5-4-6-8-17)21-24-18(13-20(27)25(21)3)16-9-11-23-12-10-16;/h4-13,19H,14-15H2,1-3H3;1H. The Hall–Kier alpha value is -2.70. The van der Waals surface area contributed by atoms with Crippen LogP contribution in [0.2, 0.25) is 0 Å². The summed E-state index contributed by atoms with van der Waals surface area (Å²) in [5, 5.41) is 0. The van der Waals surface area contributed by atoms with Gasteiger partial charge in [0, 0.05) is 37.6 Å². The van der Waals surface area contributed by atoms with E-state index < -0.39 is 0 Å². The van der Waals surface area contributed by atoms with Gasteiger partial charge in [0.1, 0.15) is 6.10 Å². The Morgan fingerprint density at radius 2 is 1.79 bits per heavy atom. The number of hydrogen-bond donors (Lipinski definition) is 0. The van der Waals surface area contributed by atoms with Crippen LogP contribution in [-0.4, -0.2) is 33.2 Å². The van der Waals surface area contributed by atoms with Crippen molar-refractivity contribution in [1.29, 1.82) is 0 Å². The molecule has 1 unspecified atom stereocenters. The normalized spacial score (nSPS) is 18.2. The van der Waals surface area contributed by atoms with Gasteiger partial charge in [0.25, 0.3) is 5.56 Å². The lowest BCUT2D eigenvalue weighted by Crippen LogP contribution is -2.51. The van der Waals surface area contributed by atoms with Gasteiger partial charge < -0.3 is 9.64 Å². The molecule has 29 heavy (non-hydrogen) atoms. The van der Waals surface area contributed by atoms with Gasteiger partial charge in [-0.05, 0) is 31.5 Å². The van der Waals surface area contributed by atoms with Gasteiger partial charge in [-0.2, -0.15) is 0 Å². The van der Waals surface area contributed by atoms with Crippen molar-refractivity contribution in [3.63, 3.8) is 0 Å². The molecule has 3 aromatic rings. The molecule has 1 atom stereocenters. The number of rotatable bonds is 3. The first kappa shape index (κ1) is 21.0. The van der Waals surface area contributed by atoms with Crippen molar-refractivity contribution in [2.75, 3.05) is 18.0 Å². The molecule has 0 aliphatic carbocycles. The second-order valence-electron chi connectivity index (χ2n) is 7.73. The lowest BCUT2D eigenvalue weighted by molar-refractivity contribution is -0.0860. The topological polar surface area (TPSA) is 60.2 Å². The lowest BCUT2D eigenvalue weighted by atomic mass is 10.0. The van der Waals surface area contributed by atoms with Crippen molar-refractivity contribution < 1.29 is 4.74 Å². The van der Waals surface area contributed by atoms with E-state index in [0.717, 1.165) is 11.1 Å². The summed E-state index contributed by atoms with van der Waals surface area (Å²) in [6, 6.07) is 15.5. The monoisotopic (exact) mass is 412 g/mol. The minimum atomic E-state index is -0.372. The number of nitrogens with zero attached hydrogens (tertiary/aromatic N) is 4. The highest BCUT2D eigenvalue weighted by atomic mass is 35.5. The number of morpholine rings is 1. The van der Waals surface area contributed by atoms with Crippen molar-refractivity contribution in [3.05, 3.63) is 76.8 Å². The summed E-state index contributed by atoms with van der Waals surface area (Å²) in [7, 11) is 1.76. The molecule has 1 saturated heterocycles. The van der Waals surface area contributed by atoms with Crippen molar-refractivity contribution >= 4 is 18.4 Å². The molecule has 1 aliphatic heterocycles. The quantitative estimate of drug-likeness (QED) is 0.657. The zero-order valence-electron chi connectivity index (χ0n) is 16.8. The van der Waals surface area contributed by atoms with Crippen LogP contribution in [0, 0.1) is 0 Å². The summed E-state index contributed by atoms with van der Waals surface area (Å²) >= 11 is 0. The summed E-state index contributed by atoms with van der Waals surface area (Å²) < 4.78 is 7.94. The fraction of sp³-hybridized carbons (Fsp3) is 0.318. The second-order valence-corrected chi connectivity index (χ2v) is 7.73. The molecule has 1 aromatic carbocycles. The van der Waals surface area contributed by atoms with E-state index in [-0.39, 0.29) is 29.7 Å². The second kappa shape index (κ2) is 8.35. The predicted octanol–water partition coefficient (Wildman–Crippen LogP) is 3.62. The van der Waals surface area contributed by atoms with Crippen LogP contribution in [-0.2, 0) is 11.8 Å². The molecule has 4 rings (SSSR count). The van der Waals surface area contributed by atoms with Crippen LogP contribution in [0.1, 0.15) is 25.5 Å². The minimum absolute atomic E-state index is 0. The molecule has 0 radical (unpaired) electrons. The van der Waals surface area contributed by atoms with E-state index in [2.05, 4.69) is 35.9 Å². The average Bonchev–Trinajstić information content (AvgIpc) is 2.70. The Labute approximate surface area is 176 Å². The highest BCUT2D eigenvalue weighted by Gasteiger charge is 2.35. The van der Waals surface area contributed by atoms with Crippen molar-refractivity contribution in [2.45, 2.75) is 25.6 Å². The van der Waals surface area contributed by atoms with Crippen LogP contribution >= 0.6 is 12.4 Å². The van der Waals surface area contributed by atoms with Crippen molar-refractivity contribution in [2.24, 2.45) is 7.05 Å². The molecule has 2 aromatic heterocycles. The highest BCUT2D eigenvalue weighted by molar-refractivity contribution is 5.85. The fourth-order valence-corrected chi connectivity index (χ4v) is 3.66. The van der Waals surface area contributed by atoms with E-state index in [4.69, 9.17) is 9.72 Å². The summed E-state index contributed by atoms with van der Waals surface area (Å²) in [6.45, 7) is 5.42. The molecule has 0 bridgehead atoms. The maximum absolute atomic E-state index is 12.6. The molecule has 6 nitrogen and oxygen atoms in total. The van der Waals surface area contributed by atoms with Gasteiger partial charge in [-0.3, -0.25) is 14.3 Å².